The molecule has 4 rings (SSSR count). The maximum atomic E-state index is 12.4. The fourth-order valence-corrected chi connectivity index (χ4v) is 3.13. The molecule has 1 saturated heterocycles. The smallest absolute Gasteiger partial charge is 0.283 e. The molecule has 3 aromatic rings. The van der Waals surface area contributed by atoms with Crippen molar-refractivity contribution in [1.82, 2.24) is 15.1 Å². The van der Waals surface area contributed by atoms with Gasteiger partial charge in [0.15, 0.2) is 5.76 Å². The minimum absolute atomic E-state index is 0.0350. The minimum Gasteiger partial charge on any atom is -0.459 e. The second kappa shape index (κ2) is 7.53. The Kier molecular flexibility index (Phi) is 4.79. The molecule has 1 aliphatic heterocycles. The first-order valence-electron chi connectivity index (χ1n) is 8.72. The van der Waals surface area contributed by atoms with E-state index in [-0.39, 0.29) is 11.8 Å². The van der Waals surface area contributed by atoms with Gasteiger partial charge in [0.2, 0.25) is 11.8 Å². The third kappa shape index (κ3) is 3.83. The minimum atomic E-state index is 0.0350. The number of carbonyl (C=O) groups is 1. The largest absolute Gasteiger partial charge is 0.459 e. The number of aromatic nitrogens is 2. The average Bonchev–Trinajstić information content (AvgIpc) is 3.35. The maximum Gasteiger partial charge on any atom is 0.283 e. The molecule has 1 N–H and O–H groups in total. The average molecular weight is 352 g/mol. The number of hydrogen-bond acceptors (Lipinski definition) is 6. The molecule has 0 atom stereocenters. The van der Waals surface area contributed by atoms with Crippen LogP contribution in [0.25, 0.3) is 11.7 Å². The van der Waals surface area contributed by atoms with Gasteiger partial charge in [-0.3, -0.25) is 9.69 Å². The predicted octanol–water partition coefficient (Wildman–Crippen LogP) is 3.18. The molecule has 26 heavy (non-hydrogen) atoms. The van der Waals surface area contributed by atoms with Crippen LogP contribution in [0.1, 0.15) is 18.7 Å². The second-order valence-electron chi connectivity index (χ2n) is 6.38. The van der Waals surface area contributed by atoms with E-state index < -0.39 is 0 Å². The molecule has 0 spiro atoms. The third-order valence-corrected chi connectivity index (χ3v) is 4.56. The number of furan rings is 1. The van der Waals surface area contributed by atoms with Gasteiger partial charge in [-0.05, 0) is 50.2 Å². The number of para-hydroxylation sites is 1. The Morgan fingerprint density at radius 2 is 1.92 bits per heavy atom. The monoisotopic (exact) mass is 352 g/mol. The Balaban J connectivity index is 1.28. The maximum absolute atomic E-state index is 12.4. The summed E-state index contributed by atoms with van der Waals surface area (Å²) in [6, 6.07) is 13.1. The Labute approximate surface area is 151 Å². The van der Waals surface area contributed by atoms with Crippen LogP contribution in [0.4, 0.5) is 5.69 Å². The first-order chi connectivity index (χ1) is 12.8. The van der Waals surface area contributed by atoms with Crippen molar-refractivity contribution < 1.29 is 13.6 Å². The lowest BCUT2D eigenvalue weighted by molar-refractivity contribution is -0.121. The molecule has 1 amide bonds. The number of nitrogens with zero attached hydrogens (tertiary/aromatic N) is 3. The number of amides is 1. The topological polar surface area (TPSA) is 84.4 Å². The van der Waals surface area contributed by atoms with Crippen molar-refractivity contribution in [3.05, 3.63) is 54.6 Å². The molecule has 1 aliphatic rings. The van der Waals surface area contributed by atoms with Crippen LogP contribution in [0.5, 0.6) is 0 Å². The lowest BCUT2D eigenvalue weighted by Crippen LogP contribution is -2.37. The van der Waals surface area contributed by atoms with Crippen LogP contribution < -0.4 is 5.32 Å². The Hall–Kier alpha value is -2.93. The Morgan fingerprint density at radius 1 is 1.12 bits per heavy atom. The summed E-state index contributed by atoms with van der Waals surface area (Å²) in [4.78, 5) is 14.6. The lowest BCUT2D eigenvalue weighted by Gasteiger charge is -2.30. The van der Waals surface area contributed by atoms with Gasteiger partial charge >= 0.3 is 0 Å². The molecule has 7 nitrogen and oxygen atoms in total. The third-order valence-electron chi connectivity index (χ3n) is 4.56. The van der Waals surface area contributed by atoms with E-state index in [9.17, 15) is 4.79 Å². The molecule has 0 radical (unpaired) electrons. The summed E-state index contributed by atoms with van der Waals surface area (Å²) >= 11 is 0. The first-order valence-corrected chi connectivity index (χ1v) is 8.72. The van der Waals surface area contributed by atoms with Gasteiger partial charge in [-0.15, -0.1) is 10.2 Å². The van der Waals surface area contributed by atoms with E-state index in [1.807, 2.05) is 30.3 Å². The summed E-state index contributed by atoms with van der Waals surface area (Å²) < 4.78 is 10.9. The van der Waals surface area contributed by atoms with Gasteiger partial charge in [-0.2, -0.15) is 0 Å². The number of carbonyl (C=O) groups excluding carboxylic acids is 1. The number of hydrogen-bond donors (Lipinski definition) is 1. The zero-order valence-electron chi connectivity index (χ0n) is 14.3. The van der Waals surface area contributed by atoms with E-state index >= 15 is 0 Å². The molecule has 134 valence electrons. The van der Waals surface area contributed by atoms with Gasteiger partial charge in [-0.1, -0.05) is 18.2 Å². The highest BCUT2D eigenvalue weighted by molar-refractivity contribution is 5.92. The number of piperidine rings is 1. The van der Waals surface area contributed by atoms with Crippen LogP contribution in [0.15, 0.2) is 57.6 Å². The van der Waals surface area contributed by atoms with E-state index in [2.05, 4.69) is 20.4 Å². The van der Waals surface area contributed by atoms with Crippen molar-refractivity contribution in [3.8, 4) is 11.7 Å². The summed E-state index contributed by atoms with van der Waals surface area (Å²) in [6.45, 7) is 2.23. The van der Waals surface area contributed by atoms with Crippen molar-refractivity contribution in [3.63, 3.8) is 0 Å². The SMILES string of the molecule is O=C(Nc1ccccc1)C1CCN(Cc2nnc(-c3ccco3)o2)CC1. The van der Waals surface area contributed by atoms with Gasteiger partial charge in [0.05, 0.1) is 12.8 Å². The molecule has 1 fully saturated rings. The highest BCUT2D eigenvalue weighted by Gasteiger charge is 2.26. The molecule has 0 bridgehead atoms. The van der Waals surface area contributed by atoms with Crippen molar-refractivity contribution in [2.75, 3.05) is 18.4 Å². The van der Waals surface area contributed by atoms with Gasteiger partial charge in [0, 0.05) is 11.6 Å². The van der Waals surface area contributed by atoms with Gasteiger partial charge in [0.1, 0.15) is 0 Å². The Morgan fingerprint density at radius 3 is 2.65 bits per heavy atom. The normalized spacial score (nSPS) is 15.8. The standard InChI is InChI=1S/C19H20N4O3/c24-18(20-15-5-2-1-3-6-15)14-8-10-23(11-9-14)13-17-21-22-19(26-17)16-7-4-12-25-16/h1-7,12,14H,8-11,13H2,(H,20,24). The van der Waals surface area contributed by atoms with Crippen LogP contribution in [0.3, 0.4) is 0 Å². The number of anilines is 1. The molecular weight excluding hydrogens is 332 g/mol. The number of likely N-dealkylation sites (tertiary alicyclic amines) is 1. The summed E-state index contributed by atoms with van der Waals surface area (Å²) in [5.74, 6) is 1.65. The summed E-state index contributed by atoms with van der Waals surface area (Å²) in [5.41, 5.74) is 0.844. The van der Waals surface area contributed by atoms with Gasteiger partial charge in [-0.25, -0.2) is 0 Å². The molecule has 2 aromatic heterocycles. The van der Waals surface area contributed by atoms with Crippen molar-refractivity contribution in [2.45, 2.75) is 19.4 Å². The molecule has 0 unspecified atom stereocenters. The highest BCUT2D eigenvalue weighted by atomic mass is 16.4. The molecule has 0 aliphatic carbocycles. The van der Waals surface area contributed by atoms with Gasteiger partial charge in [0.25, 0.3) is 5.89 Å². The van der Waals surface area contributed by atoms with Crippen LogP contribution in [0.2, 0.25) is 0 Å². The number of benzene rings is 1. The van der Waals surface area contributed by atoms with Crippen molar-refractivity contribution in [2.24, 2.45) is 5.92 Å². The summed E-state index contributed by atoms with van der Waals surface area (Å²) in [5, 5.41) is 11.1. The molecule has 3 heterocycles. The van der Waals surface area contributed by atoms with Crippen LogP contribution in [-0.2, 0) is 11.3 Å². The second-order valence-corrected chi connectivity index (χ2v) is 6.38. The zero-order chi connectivity index (χ0) is 17.8. The van der Waals surface area contributed by atoms with E-state index in [1.54, 1.807) is 18.4 Å². The zero-order valence-corrected chi connectivity index (χ0v) is 14.3. The quantitative estimate of drug-likeness (QED) is 0.759. The van der Waals surface area contributed by atoms with E-state index in [0.717, 1.165) is 31.6 Å². The van der Waals surface area contributed by atoms with E-state index in [1.165, 1.54) is 0 Å². The fourth-order valence-electron chi connectivity index (χ4n) is 3.13. The predicted molar refractivity (Wildman–Crippen MR) is 95.1 cm³/mol. The molecule has 1 aromatic carbocycles. The van der Waals surface area contributed by atoms with E-state index in [4.69, 9.17) is 8.83 Å². The summed E-state index contributed by atoms with van der Waals surface area (Å²) in [7, 11) is 0. The van der Waals surface area contributed by atoms with Crippen LogP contribution >= 0.6 is 0 Å². The van der Waals surface area contributed by atoms with Crippen LogP contribution in [-0.4, -0.2) is 34.1 Å². The molecular formula is C19H20N4O3. The lowest BCUT2D eigenvalue weighted by atomic mass is 9.96. The summed E-state index contributed by atoms with van der Waals surface area (Å²) in [6.07, 6.45) is 3.21. The van der Waals surface area contributed by atoms with E-state index in [0.29, 0.717) is 24.1 Å². The molecule has 0 saturated carbocycles. The number of nitrogens with one attached hydrogen (secondary N) is 1. The van der Waals surface area contributed by atoms with Gasteiger partial charge < -0.3 is 14.2 Å². The molecule has 7 heteroatoms. The first kappa shape index (κ1) is 16.5. The number of rotatable bonds is 5. The fraction of sp³-hybridized carbons (Fsp3) is 0.316. The Bertz CT molecular complexity index is 837. The van der Waals surface area contributed by atoms with Crippen molar-refractivity contribution in [1.29, 1.82) is 0 Å². The van der Waals surface area contributed by atoms with Crippen LogP contribution in [0, 0.1) is 5.92 Å². The van der Waals surface area contributed by atoms with Crippen molar-refractivity contribution >= 4 is 11.6 Å². The highest BCUT2D eigenvalue weighted by Crippen LogP contribution is 2.22.